The van der Waals surface area contributed by atoms with Gasteiger partial charge in [-0.25, -0.2) is 4.98 Å². The molecule has 4 nitrogen and oxygen atoms in total. The Bertz CT molecular complexity index is 391. The monoisotopic (exact) mass is 242 g/mol. The standard InChI is InChI=1S/C9H7ClN2O2S/c10-7-2-1-6(3-11-7)4-12-8(13)5-15-9(12)14/h1-3H,4-5H2. The van der Waals surface area contributed by atoms with E-state index in [1.54, 1.807) is 18.3 Å². The van der Waals surface area contributed by atoms with E-state index in [9.17, 15) is 9.59 Å². The van der Waals surface area contributed by atoms with Gasteiger partial charge in [0.15, 0.2) is 0 Å². The number of aromatic nitrogens is 1. The molecule has 0 N–H and O–H groups in total. The highest BCUT2D eigenvalue weighted by atomic mass is 35.5. The maximum atomic E-state index is 11.3. The third kappa shape index (κ3) is 2.30. The molecule has 2 amide bonds. The average Bonchev–Trinajstić information content (AvgIpc) is 2.53. The molecule has 0 saturated carbocycles. The van der Waals surface area contributed by atoms with Crippen LogP contribution in [0.3, 0.4) is 0 Å². The number of thioether (sulfide) groups is 1. The van der Waals surface area contributed by atoms with Crippen molar-refractivity contribution < 1.29 is 9.59 Å². The highest BCUT2D eigenvalue weighted by Gasteiger charge is 2.29. The predicted molar refractivity (Wildman–Crippen MR) is 57.7 cm³/mol. The van der Waals surface area contributed by atoms with Crippen LogP contribution in [0.1, 0.15) is 5.56 Å². The quantitative estimate of drug-likeness (QED) is 0.744. The zero-order chi connectivity index (χ0) is 10.8. The SMILES string of the molecule is O=C1CSC(=O)N1Cc1ccc(Cl)nc1. The summed E-state index contributed by atoms with van der Waals surface area (Å²) < 4.78 is 0. The lowest BCUT2D eigenvalue weighted by Crippen LogP contribution is -2.27. The van der Waals surface area contributed by atoms with E-state index in [4.69, 9.17) is 11.6 Å². The second-order valence-corrected chi connectivity index (χ2v) is 4.34. The van der Waals surface area contributed by atoms with E-state index in [1.807, 2.05) is 0 Å². The summed E-state index contributed by atoms with van der Waals surface area (Å²) >= 11 is 6.65. The number of nitrogens with zero attached hydrogens (tertiary/aromatic N) is 2. The Morgan fingerprint density at radius 1 is 1.47 bits per heavy atom. The van der Waals surface area contributed by atoms with Gasteiger partial charge in [0.2, 0.25) is 5.91 Å². The summed E-state index contributed by atoms with van der Waals surface area (Å²) in [6.45, 7) is 0.273. The molecule has 78 valence electrons. The van der Waals surface area contributed by atoms with Gasteiger partial charge < -0.3 is 0 Å². The number of halogens is 1. The van der Waals surface area contributed by atoms with Crippen LogP contribution in [0.25, 0.3) is 0 Å². The van der Waals surface area contributed by atoms with Gasteiger partial charge in [0.05, 0.1) is 12.3 Å². The molecule has 1 saturated heterocycles. The van der Waals surface area contributed by atoms with Crippen LogP contribution >= 0.6 is 23.4 Å². The highest BCUT2D eigenvalue weighted by molar-refractivity contribution is 8.14. The molecule has 0 bridgehead atoms. The summed E-state index contributed by atoms with van der Waals surface area (Å²) in [5.74, 6) is 0.0831. The van der Waals surface area contributed by atoms with Crippen molar-refractivity contribution in [2.24, 2.45) is 0 Å². The van der Waals surface area contributed by atoms with E-state index >= 15 is 0 Å². The number of carbonyl (C=O) groups excluding carboxylic acids is 2. The van der Waals surface area contributed by atoms with Crippen LogP contribution in [-0.4, -0.2) is 26.8 Å². The molecule has 15 heavy (non-hydrogen) atoms. The normalized spacial score (nSPS) is 16.2. The van der Waals surface area contributed by atoms with E-state index < -0.39 is 0 Å². The van der Waals surface area contributed by atoms with Gasteiger partial charge in [0, 0.05) is 6.20 Å². The molecule has 0 atom stereocenters. The summed E-state index contributed by atoms with van der Waals surface area (Å²) in [7, 11) is 0. The second-order valence-electron chi connectivity index (χ2n) is 3.02. The van der Waals surface area contributed by atoms with Crippen LogP contribution in [0.15, 0.2) is 18.3 Å². The summed E-state index contributed by atoms with van der Waals surface area (Å²) in [6, 6.07) is 3.38. The number of pyridine rings is 1. The largest absolute Gasteiger partial charge is 0.289 e. The predicted octanol–water partition coefficient (Wildman–Crippen LogP) is 1.93. The fourth-order valence-electron chi connectivity index (χ4n) is 1.22. The van der Waals surface area contributed by atoms with Gasteiger partial charge in [-0.05, 0) is 11.6 Å². The molecule has 1 aromatic rings. The Balaban J connectivity index is 2.11. The van der Waals surface area contributed by atoms with Crippen LogP contribution < -0.4 is 0 Å². The highest BCUT2D eigenvalue weighted by Crippen LogP contribution is 2.21. The number of carbonyl (C=O) groups is 2. The van der Waals surface area contributed by atoms with E-state index in [-0.39, 0.29) is 23.4 Å². The fraction of sp³-hybridized carbons (Fsp3) is 0.222. The smallest absolute Gasteiger partial charge is 0.273 e. The summed E-state index contributed by atoms with van der Waals surface area (Å²) in [5.41, 5.74) is 0.795. The van der Waals surface area contributed by atoms with Crippen molar-refractivity contribution in [3.63, 3.8) is 0 Å². The molecule has 1 aromatic heterocycles. The van der Waals surface area contributed by atoms with Gasteiger partial charge >= 0.3 is 0 Å². The molecule has 1 fully saturated rings. The van der Waals surface area contributed by atoms with Gasteiger partial charge in [-0.15, -0.1) is 0 Å². The first-order valence-electron chi connectivity index (χ1n) is 4.24. The molecule has 0 aromatic carbocycles. The number of rotatable bonds is 2. The van der Waals surface area contributed by atoms with Crippen molar-refractivity contribution in [1.29, 1.82) is 0 Å². The number of hydrogen-bond donors (Lipinski definition) is 0. The third-order valence-corrected chi connectivity index (χ3v) is 3.05. The first-order valence-corrected chi connectivity index (χ1v) is 5.61. The Morgan fingerprint density at radius 2 is 2.27 bits per heavy atom. The number of imide groups is 1. The number of amides is 2. The average molecular weight is 243 g/mol. The summed E-state index contributed by atoms with van der Waals surface area (Å²) in [4.78, 5) is 27.7. The van der Waals surface area contributed by atoms with Crippen LogP contribution in [0, 0.1) is 0 Å². The molecular weight excluding hydrogens is 236 g/mol. The zero-order valence-corrected chi connectivity index (χ0v) is 9.22. The molecule has 1 aliphatic heterocycles. The van der Waals surface area contributed by atoms with Gasteiger partial charge in [-0.3, -0.25) is 14.5 Å². The Kier molecular flexibility index (Phi) is 2.93. The first-order chi connectivity index (χ1) is 7.16. The molecule has 0 radical (unpaired) electrons. The minimum absolute atomic E-state index is 0.153. The fourth-order valence-corrected chi connectivity index (χ4v) is 2.05. The molecule has 6 heteroatoms. The molecule has 0 aliphatic carbocycles. The van der Waals surface area contributed by atoms with Crippen molar-refractivity contribution >= 4 is 34.5 Å². The van der Waals surface area contributed by atoms with Crippen LogP contribution in [0.4, 0.5) is 4.79 Å². The third-order valence-electron chi connectivity index (χ3n) is 1.97. The first kappa shape index (κ1) is 10.4. The minimum Gasteiger partial charge on any atom is -0.273 e. The molecule has 0 unspecified atom stereocenters. The maximum Gasteiger partial charge on any atom is 0.289 e. The van der Waals surface area contributed by atoms with Crippen molar-refractivity contribution in [3.05, 3.63) is 29.0 Å². The topological polar surface area (TPSA) is 50.3 Å². The lowest BCUT2D eigenvalue weighted by atomic mass is 10.3. The molecule has 2 heterocycles. The Labute approximate surface area is 95.6 Å². The van der Waals surface area contributed by atoms with E-state index in [0.29, 0.717) is 5.15 Å². The van der Waals surface area contributed by atoms with E-state index in [0.717, 1.165) is 17.3 Å². The minimum atomic E-state index is -0.199. The Hall–Kier alpha value is -1.07. The Morgan fingerprint density at radius 3 is 2.80 bits per heavy atom. The lowest BCUT2D eigenvalue weighted by Gasteiger charge is -2.11. The number of hydrogen-bond acceptors (Lipinski definition) is 4. The molecular formula is C9H7ClN2O2S. The van der Waals surface area contributed by atoms with Crippen molar-refractivity contribution in [2.45, 2.75) is 6.54 Å². The van der Waals surface area contributed by atoms with Crippen molar-refractivity contribution in [1.82, 2.24) is 9.88 Å². The summed E-state index contributed by atoms with van der Waals surface area (Å²) in [6.07, 6.45) is 1.56. The van der Waals surface area contributed by atoms with E-state index in [1.165, 1.54) is 4.90 Å². The molecule has 0 spiro atoms. The van der Waals surface area contributed by atoms with Gasteiger partial charge in [0.1, 0.15) is 5.15 Å². The van der Waals surface area contributed by atoms with Gasteiger partial charge in [-0.2, -0.15) is 0 Å². The molecule has 1 aliphatic rings. The molecule has 2 rings (SSSR count). The van der Waals surface area contributed by atoms with Crippen LogP contribution in [0.5, 0.6) is 0 Å². The second kappa shape index (κ2) is 4.20. The maximum absolute atomic E-state index is 11.3. The van der Waals surface area contributed by atoms with Crippen molar-refractivity contribution in [2.75, 3.05) is 5.75 Å². The van der Waals surface area contributed by atoms with Crippen LogP contribution in [-0.2, 0) is 11.3 Å². The van der Waals surface area contributed by atoms with E-state index in [2.05, 4.69) is 4.98 Å². The lowest BCUT2D eigenvalue weighted by molar-refractivity contribution is -0.125. The summed E-state index contributed by atoms with van der Waals surface area (Å²) in [5, 5.41) is 0.196. The van der Waals surface area contributed by atoms with Crippen molar-refractivity contribution in [3.8, 4) is 0 Å². The van der Waals surface area contributed by atoms with Gasteiger partial charge in [0.25, 0.3) is 5.24 Å². The zero-order valence-electron chi connectivity index (χ0n) is 7.64. The van der Waals surface area contributed by atoms with Crippen LogP contribution in [0.2, 0.25) is 5.15 Å². The van der Waals surface area contributed by atoms with Gasteiger partial charge in [-0.1, -0.05) is 29.4 Å².